The third-order valence-electron chi connectivity index (χ3n) is 2.35. The van der Waals surface area contributed by atoms with E-state index in [0.717, 1.165) is 0 Å². The quantitative estimate of drug-likeness (QED) is 0.134. The van der Waals surface area contributed by atoms with Crippen molar-refractivity contribution in [3.63, 3.8) is 0 Å². The van der Waals surface area contributed by atoms with Gasteiger partial charge < -0.3 is 34.8 Å². The summed E-state index contributed by atoms with van der Waals surface area (Å²) < 4.78 is 29.2. The molecule has 0 bridgehead atoms. The molecule has 0 saturated carbocycles. The number of carbonyl (C=O) groups excluding carboxylic acids is 1. The van der Waals surface area contributed by atoms with Crippen LogP contribution in [0.1, 0.15) is 32.6 Å². The number of carbonyl (C=O) groups is 1. The second kappa shape index (κ2) is 10.3. The zero-order valence-electron chi connectivity index (χ0n) is 12.7. The topological polar surface area (TPSA) is 194 Å². The molecule has 0 radical (unpaired) electrons. The van der Waals surface area contributed by atoms with Crippen LogP contribution in [0.5, 0.6) is 0 Å². The molecule has 14 heteroatoms. The molecule has 0 fully saturated rings. The van der Waals surface area contributed by atoms with E-state index in [1.807, 2.05) is 0 Å². The van der Waals surface area contributed by atoms with Crippen LogP contribution in [0.2, 0.25) is 0 Å². The molecular weight excluding hydrogens is 353 g/mol. The third kappa shape index (κ3) is 15.5. The molecule has 11 nitrogen and oxygen atoms in total. The van der Waals surface area contributed by atoms with Crippen LogP contribution >= 0.6 is 15.6 Å². The molecule has 0 aromatic rings. The summed E-state index contributed by atoms with van der Waals surface area (Å²) in [6.07, 6.45) is -2.06. The van der Waals surface area contributed by atoms with Crippen molar-refractivity contribution in [2.75, 3.05) is 6.61 Å². The monoisotopic (exact) mass is 372 g/mol. The molecule has 0 spiro atoms. The van der Waals surface area contributed by atoms with Crippen molar-refractivity contribution in [3.05, 3.63) is 0 Å². The molecule has 0 amide bonds. The average molecular weight is 372 g/mol. The van der Waals surface area contributed by atoms with E-state index in [9.17, 15) is 29.2 Å². The van der Waals surface area contributed by atoms with Gasteiger partial charge in [0, 0.05) is 18.8 Å². The van der Waals surface area contributed by atoms with Gasteiger partial charge in [0.1, 0.15) is 0 Å². The Morgan fingerprint density at radius 2 is 1.83 bits per heavy atom. The van der Waals surface area contributed by atoms with E-state index < -0.39 is 46.3 Å². The van der Waals surface area contributed by atoms with Gasteiger partial charge in [0.25, 0.3) is 0 Å². The van der Waals surface area contributed by atoms with E-state index in [1.165, 1.54) is 6.92 Å². The SMILES string of the molecule is CC(O)(CC(=O)[O-])CC(O)CCCOP(=O)(O)OP(=O)(O)O.[Li+]. The van der Waals surface area contributed by atoms with Crippen LogP contribution in [0.3, 0.4) is 0 Å². The van der Waals surface area contributed by atoms with Crippen LogP contribution in [0.15, 0.2) is 0 Å². The van der Waals surface area contributed by atoms with Crippen LogP contribution in [0.25, 0.3) is 0 Å². The molecule has 0 aromatic carbocycles. The maximum absolute atomic E-state index is 11.1. The first-order valence-corrected chi connectivity index (χ1v) is 9.09. The number of rotatable bonds is 11. The van der Waals surface area contributed by atoms with E-state index in [-0.39, 0.29) is 38.1 Å². The van der Waals surface area contributed by atoms with Gasteiger partial charge >= 0.3 is 34.5 Å². The second-order valence-corrected chi connectivity index (χ2v) is 7.75. The summed E-state index contributed by atoms with van der Waals surface area (Å²) in [6, 6.07) is 0. The minimum atomic E-state index is -5.18. The summed E-state index contributed by atoms with van der Waals surface area (Å²) in [5.41, 5.74) is -1.67. The summed E-state index contributed by atoms with van der Waals surface area (Å²) in [6.45, 7) is 0.756. The fourth-order valence-electron chi connectivity index (χ4n) is 1.65. The molecule has 0 aliphatic rings. The number of carboxylic acid groups (broad SMARTS) is 1. The zero-order chi connectivity index (χ0) is 17.6. The van der Waals surface area contributed by atoms with Gasteiger partial charge in [-0.1, -0.05) is 0 Å². The van der Waals surface area contributed by atoms with E-state index in [2.05, 4.69) is 8.83 Å². The summed E-state index contributed by atoms with van der Waals surface area (Å²) >= 11 is 0. The van der Waals surface area contributed by atoms with Gasteiger partial charge in [-0.15, -0.1) is 0 Å². The summed E-state index contributed by atoms with van der Waals surface area (Å²) in [7, 11) is -10.1. The standard InChI is InChI=1S/C9H20O11P2.Li/c1-9(13,6-8(11)12)5-7(10)3-2-4-19-22(17,18)20-21(14,15)16;/h7,10,13H,2-6H2,1H3,(H,11,12)(H,17,18)(H2,14,15,16);/q;+1/p-1. The number of aliphatic carboxylic acids is 1. The van der Waals surface area contributed by atoms with E-state index in [0.29, 0.717) is 0 Å². The molecule has 0 heterocycles. The number of aliphatic hydroxyl groups is 2. The fraction of sp³-hybridized carbons (Fsp3) is 0.889. The molecule has 0 rings (SSSR count). The van der Waals surface area contributed by atoms with Crippen LogP contribution < -0.4 is 24.0 Å². The number of carboxylic acids is 1. The number of phosphoric acid groups is 2. The van der Waals surface area contributed by atoms with Crippen molar-refractivity contribution in [3.8, 4) is 0 Å². The number of hydrogen-bond donors (Lipinski definition) is 5. The van der Waals surface area contributed by atoms with Crippen molar-refractivity contribution in [2.45, 2.75) is 44.3 Å². The van der Waals surface area contributed by atoms with Crippen molar-refractivity contribution in [1.29, 1.82) is 0 Å². The van der Waals surface area contributed by atoms with Gasteiger partial charge in [-0.3, -0.25) is 4.52 Å². The predicted molar refractivity (Wildman–Crippen MR) is 69.0 cm³/mol. The average Bonchev–Trinajstić information content (AvgIpc) is 2.17. The third-order valence-corrected chi connectivity index (χ3v) is 4.53. The van der Waals surface area contributed by atoms with Crippen molar-refractivity contribution < 1.29 is 71.6 Å². The van der Waals surface area contributed by atoms with Crippen LogP contribution in [-0.2, 0) is 22.8 Å². The van der Waals surface area contributed by atoms with Crippen molar-refractivity contribution in [1.82, 2.24) is 0 Å². The second-order valence-electron chi connectivity index (χ2n) is 4.92. The number of hydrogen-bond acceptors (Lipinski definition) is 8. The van der Waals surface area contributed by atoms with Gasteiger partial charge in [0.05, 0.1) is 18.3 Å². The van der Waals surface area contributed by atoms with Crippen LogP contribution in [0.4, 0.5) is 0 Å². The van der Waals surface area contributed by atoms with Crippen LogP contribution in [0, 0.1) is 0 Å². The number of aliphatic hydroxyl groups excluding tert-OH is 1. The Morgan fingerprint density at radius 3 is 2.26 bits per heavy atom. The first-order valence-electron chi connectivity index (χ1n) is 6.07. The minimum Gasteiger partial charge on any atom is -0.550 e. The van der Waals surface area contributed by atoms with E-state index in [4.69, 9.17) is 14.7 Å². The molecule has 23 heavy (non-hydrogen) atoms. The van der Waals surface area contributed by atoms with Gasteiger partial charge in [-0.25, -0.2) is 9.13 Å². The molecular formula is C9H19LiO11P2. The smallest absolute Gasteiger partial charge is 0.550 e. The van der Waals surface area contributed by atoms with Crippen molar-refractivity contribution >= 4 is 21.6 Å². The largest absolute Gasteiger partial charge is 1.00 e. The predicted octanol–water partition coefficient (Wildman–Crippen LogP) is -4.36. The fourth-order valence-corrected chi connectivity index (χ4v) is 3.27. The Bertz CT molecular complexity index is 462. The summed E-state index contributed by atoms with van der Waals surface area (Å²) in [5.74, 6) is -1.48. The summed E-state index contributed by atoms with van der Waals surface area (Å²) in [4.78, 5) is 36.0. The minimum absolute atomic E-state index is 0. The molecule has 5 N–H and O–H groups in total. The van der Waals surface area contributed by atoms with Gasteiger partial charge in [0.15, 0.2) is 0 Å². The Kier molecular flexibility index (Phi) is 11.4. The number of phosphoric ester groups is 1. The molecule has 3 atom stereocenters. The van der Waals surface area contributed by atoms with Gasteiger partial charge in [-0.05, 0) is 19.8 Å². The molecule has 3 unspecified atom stereocenters. The first-order chi connectivity index (χ1) is 9.72. The Morgan fingerprint density at radius 1 is 1.30 bits per heavy atom. The van der Waals surface area contributed by atoms with Gasteiger partial charge in [0.2, 0.25) is 0 Å². The first kappa shape index (κ1) is 25.5. The Balaban J connectivity index is 0. The maximum Gasteiger partial charge on any atom is 1.00 e. The Labute approximate surface area is 144 Å². The van der Waals surface area contributed by atoms with Crippen molar-refractivity contribution in [2.24, 2.45) is 0 Å². The summed E-state index contributed by atoms with van der Waals surface area (Å²) in [5, 5.41) is 29.6. The molecule has 0 saturated heterocycles. The Hall–Kier alpha value is 0.247. The zero-order valence-corrected chi connectivity index (χ0v) is 14.5. The van der Waals surface area contributed by atoms with E-state index in [1.54, 1.807) is 0 Å². The van der Waals surface area contributed by atoms with E-state index >= 15 is 0 Å². The molecule has 0 aliphatic heterocycles. The van der Waals surface area contributed by atoms with Gasteiger partial charge in [-0.2, -0.15) is 4.31 Å². The molecule has 132 valence electrons. The normalized spacial score (nSPS) is 18.3. The maximum atomic E-state index is 11.1. The van der Waals surface area contributed by atoms with Crippen LogP contribution in [-0.4, -0.2) is 49.2 Å². The molecule has 0 aliphatic carbocycles. The molecule has 0 aromatic heterocycles.